The maximum absolute atomic E-state index is 5.52. The first-order valence-corrected chi connectivity index (χ1v) is 7.76. The standard InChI is InChI=1S/C20H21NO2/c1-13(2)17-12-14-11-15(22-3)9-10-18(14)21-20(17)16-7-5-6-8-19(16)23-4/h5-13H,1-4H3. The molecule has 0 aliphatic heterocycles. The van der Waals surface area contributed by atoms with E-state index in [9.17, 15) is 0 Å². The van der Waals surface area contributed by atoms with Gasteiger partial charge in [0.2, 0.25) is 0 Å². The number of methoxy groups -OCH3 is 2. The SMILES string of the molecule is COc1ccc2nc(-c3ccccc3OC)c(C(C)C)cc2c1. The lowest BCUT2D eigenvalue weighted by molar-refractivity contribution is 0.415. The fourth-order valence-corrected chi connectivity index (χ4v) is 2.79. The predicted molar refractivity (Wildman–Crippen MR) is 94.4 cm³/mol. The molecular weight excluding hydrogens is 286 g/mol. The summed E-state index contributed by atoms with van der Waals surface area (Å²) in [7, 11) is 3.38. The average Bonchev–Trinajstić information content (AvgIpc) is 2.59. The van der Waals surface area contributed by atoms with Crippen LogP contribution in [0, 0.1) is 0 Å². The van der Waals surface area contributed by atoms with Gasteiger partial charge >= 0.3 is 0 Å². The van der Waals surface area contributed by atoms with Crippen LogP contribution in [0.2, 0.25) is 0 Å². The maximum atomic E-state index is 5.52. The molecule has 1 heterocycles. The minimum Gasteiger partial charge on any atom is -0.497 e. The van der Waals surface area contributed by atoms with Crippen molar-refractivity contribution in [1.82, 2.24) is 4.98 Å². The van der Waals surface area contributed by atoms with Gasteiger partial charge in [-0.15, -0.1) is 0 Å². The molecule has 0 unspecified atom stereocenters. The Morgan fingerprint density at radius 3 is 2.39 bits per heavy atom. The molecular formula is C20H21NO2. The van der Waals surface area contributed by atoms with E-state index in [1.165, 1.54) is 5.56 Å². The van der Waals surface area contributed by atoms with E-state index in [2.05, 4.69) is 26.0 Å². The van der Waals surface area contributed by atoms with E-state index >= 15 is 0 Å². The summed E-state index contributed by atoms with van der Waals surface area (Å²) in [5.74, 6) is 2.05. The van der Waals surface area contributed by atoms with E-state index in [0.29, 0.717) is 5.92 Å². The fourth-order valence-electron chi connectivity index (χ4n) is 2.79. The second-order valence-electron chi connectivity index (χ2n) is 5.84. The number of nitrogens with zero attached hydrogens (tertiary/aromatic N) is 1. The Hall–Kier alpha value is -2.55. The lowest BCUT2D eigenvalue weighted by Gasteiger charge is -2.16. The molecule has 3 aromatic rings. The second-order valence-corrected chi connectivity index (χ2v) is 5.84. The Bertz CT molecular complexity index is 840. The van der Waals surface area contributed by atoms with Gasteiger partial charge in [0.1, 0.15) is 11.5 Å². The van der Waals surface area contributed by atoms with Gasteiger partial charge in [0.05, 0.1) is 25.4 Å². The Labute approximate surface area is 136 Å². The van der Waals surface area contributed by atoms with Crippen molar-refractivity contribution in [3.05, 3.63) is 54.1 Å². The maximum Gasteiger partial charge on any atom is 0.128 e. The first kappa shape index (κ1) is 15.3. The van der Waals surface area contributed by atoms with Crippen molar-refractivity contribution in [2.75, 3.05) is 14.2 Å². The van der Waals surface area contributed by atoms with Crippen molar-refractivity contribution in [2.24, 2.45) is 0 Å². The first-order valence-electron chi connectivity index (χ1n) is 7.76. The van der Waals surface area contributed by atoms with Crippen LogP contribution in [-0.2, 0) is 0 Å². The van der Waals surface area contributed by atoms with Gasteiger partial charge < -0.3 is 9.47 Å². The zero-order valence-corrected chi connectivity index (χ0v) is 14.0. The van der Waals surface area contributed by atoms with Crippen molar-refractivity contribution in [1.29, 1.82) is 0 Å². The van der Waals surface area contributed by atoms with Gasteiger partial charge in [-0.3, -0.25) is 0 Å². The third kappa shape index (κ3) is 2.87. The first-order chi connectivity index (χ1) is 11.1. The summed E-state index contributed by atoms with van der Waals surface area (Å²) in [6, 6.07) is 16.2. The molecule has 23 heavy (non-hydrogen) atoms. The largest absolute Gasteiger partial charge is 0.497 e. The van der Waals surface area contributed by atoms with Gasteiger partial charge in [0.25, 0.3) is 0 Å². The van der Waals surface area contributed by atoms with Crippen LogP contribution >= 0.6 is 0 Å². The summed E-state index contributed by atoms with van der Waals surface area (Å²) in [4.78, 5) is 4.92. The molecule has 3 nitrogen and oxygen atoms in total. The topological polar surface area (TPSA) is 31.4 Å². The zero-order valence-electron chi connectivity index (χ0n) is 14.0. The third-order valence-electron chi connectivity index (χ3n) is 4.04. The van der Waals surface area contributed by atoms with Gasteiger partial charge in [-0.25, -0.2) is 4.98 Å². The molecule has 0 bridgehead atoms. The molecule has 0 fully saturated rings. The molecule has 0 aliphatic rings. The third-order valence-corrected chi connectivity index (χ3v) is 4.04. The monoisotopic (exact) mass is 307 g/mol. The highest BCUT2D eigenvalue weighted by Gasteiger charge is 2.15. The summed E-state index contributed by atoms with van der Waals surface area (Å²) >= 11 is 0. The highest BCUT2D eigenvalue weighted by Crippen LogP contribution is 2.36. The highest BCUT2D eigenvalue weighted by atomic mass is 16.5. The molecule has 0 N–H and O–H groups in total. The Morgan fingerprint density at radius 1 is 0.913 bits per heavy atom. The van der Waals surface area contributed by atoms with Crippen molar-refractivity contribution in [3.8, 4) is 22.8 Å². The van der Waals surface area contributed by atoms with E-state index < -0.39 is 0 Å². The number of rotatable bonds is 4. The van der Waals surface area contributed by atoms with Crippen molar-refractivity contribution in [3.63, 3.8) is 0 Å². The second kappa shape index (κ2) is 6.29. The molecule has 0 radical (unpaired) electrons. The summed E-state index contributed by atoms with van der Waals surface area (Å²) in [5, 5.41) is 1.09. The number of para-hydroxylation sites is 1. The molecule has 3 rings (SSSR count). The average molecular weight is 307 g/mol. The van der Waals surface area contributed by atoms with Gasteiger partial charge in [-0.05, 0) is 47.9 Å². The molecule has 0 saturated heterocycles. The minimum absolute atomic E-state index is 0.359. The number of pyridine rings is 1. The number of aromatic nitrogens is 1. The predicted octanol–water partition coefficient (Wildman–Crippen LogP) is 5.04. The van der Waals surface area contributed by atoms with Crippen LogP contribution in [0.15, 0.2) is 48.5 Å². The smallest absolute Gasteiger partial charge is 0.128 e. The van der Waals surface area contributed by atoms with Gasteiger partial charge in [-0.1, -0.05) is 26.0 Å². The van der Waals surface area contributed by atoms with Gasteiger partial charge in [0, 0.05) is 10.9 Å². The number of benzene rings is 2. The molecule has 0 amide bonds. The van der Waals surface area contributed by atoms with E-state index in [1.807, 2.05) is 36.4 Å². The lowest BCUT2D eigenvalue weighted by atomic mass is 9.95. The molecule has 0 atom stereocenters. The van der Waals surface area contributed by atoms with Crippen molar-refractivity contribution >= 4 is 10.9 Å². The van der Waals surface area contributed by atoms with Crippen LogP contribution in [0.1, 0.15) is 25.3 Å². The molecule has 0 aliphatic carbocycles. The van der Waals surface area contributed by atoms with Crippen LogP contribution in [0.25, 0.3) is 22.2 Å². The minimum atomic E-state index is 0.359. The van der Waals surface area contributed by atoms with E-state index in [1.54, 1.807) is 14.2 Å². The number of fused-ring (bicyclic) bond motifs is 1. The molecule has 0 spiro atoms. The van der Waals surface area contributed by atoms with Crippen LogP contribution < -0.4 is 9.47 Å². The van der Waals surface area contributed by atoms with Crippen LogP contribution in [0.5, 0.6) is 11.5 Å². The number of ether oxygens (including phenoxy) is 2. The summed E-state index contributed by atoms with van der Waals surface area (Å²) in [5.41, 5.74) is 4.16. The fraction of sp³-hybridized carbons (Fsp3) is 0.250. The molecule has 0 saturated carbocycles. The zero-order chi connectivity index (χ0) is 16.4. The van der Waals surface area contributed by atoms with Crippen LogP contribution in [-0.4, -0.2) is 19.2 Å². The van der Waals surface area contributed by atoms with E-state index in [4.69, 9.17) is 14.5 Å². The Kier molecular flexibility index (Phi) is 4.20. The molecule has 2 aromatic carbocycles. The summed E-state index contributed by atoms with van der Waals surface area (Å²) < 4.78 is 10.8. The van der Waals surface area contributed by atoms with Gasteiger partial charge in [-0.2, -0.15) is 0 Å². The Balaban J connectivity index is 2.28. The molecule has 1 aromatic heterocycles. The summed E-state index contributed by atoms with van der Waals surface area (Å²) in [6.45, 7) is 4.36. The van der Waals surface area contributed by atoms with Crippen molar-refractivity contribution in [2.45, 2.75) is 19.8 Å². The number of hydrogen-bond acceptors (Lipinski definition) is 3. The molecule has 3 heteroatoms. The van der Waals surface area contributed by atoms with Crippen LogP contribution in [0.4, 0.5) is 0 Å². The lowest BCUT2D eigenvalue weighted by Crippen LogP contribution is -1.99. The molecule has 118 valence electrons. The quantitative estimate of drug-likeness (QED) is 0.676. The van der Waals surface area contributed by atoms with Gasteiger partial charge in [0.15, 0.2) is 0 Å². The Morgan fingerprint density at radius 2 is 1.70 bits per heavy atom. The normalized spacial score (nSPS) is 11.0. The van der Waals surface area contributed by atoms with E-state index in [-0.39, 0.29) is 0 Å². The highest BCUT2D eigenvalue weighted by molar-refractivity contribution is 5.85. The number of hydrogen-bond donors (Lipinski definition) is 0. The summed E-state index contributed by atoms with van der Waals surface area (Å²) in [6.07, 6.45) is 0. The van der Waals surface area contributed by atoms with Crippen molar-refractivity contribution < 1.29 is 9.47 Å². The van der Waals surface area contributed by atoms with Crippen LogP contribution in [0.3, 0.4) is 0 Å². The van der Waals surface area contributed by atoms with E-state index in [0.717, 1.165) is 33.7 Å².